The standard InChI is InChI=1S/C17H17BrNSi.2ClH.Cr/c1-12-10-14(20(2,3)18)11-16(12)15-8-4-6-13-7-5-9-19-17(13)15;;;/h4-9H,11H2,1-3H3;2*1H;/q-1;;;+3/p-2. The molecule has 1 radical (unpaired) electrons. The summed E-state index contributed by atoms with van der Waals surface area (Å²) in [6, 6.07) is 10.5. The molecular formula is C17H17BrCl2CrNSi. The van der Waals surface area contributed by atoms with E-state index in [0.29, 0.717) is 0 Å². The van der Waals surface area contributed by atoms with E-state index in [1.54, 1.807) is 0 Å². The molecule has 0 saturated heterocycles. The summed E-state index contributed by atoms with van der Waals surface area (Å²) in [5.41, 5.74) is 5.00. The van der Waals surface area contributed by atoms with Crippen molar-refractivity contribution < 1.29 is 42.2 Å². The second kappa shape index (κ2) is 8.85. The van der Waals surface area contributed by atoms with Crippen molar-refractivity contribution in [2.75, 3.05) is 0 Å². The maximum absolute atomic E-state index is 4.58. The Morgan fingerprint density at radius 3 is 2.39 bits per heavy atom. The summed E-state index contributed by atoms with van der Waals surface area (Å²) < 4.78 is 0. The van der Waals surface area contributed by atoms with E-state index in [4.69, 9.17) is 0 Å². The van der Waals surface area contributed by atoms with Crippen LogP contribution in [-0.2, 0) is 17.4 Å². The van der Waals surface area contributed by atoms with Gasteiger partial charge >= 0.3 is 17.4 Å². The van der Waals surface area contributed by atoms with E-state index in [2.05, 4.69) is 70.6 Å². The number of rotatable bonds is 2. The topological polar surface area (TPSA) is 12.9 Å². The second-order valence-electron chi connectivity index (χ2n) is 5.74. The zero-order valence-electron chi connectivity index (χ0n) is 13.2. The van der Waals surface area contributed by atoms with Crippen LogP contribution in [0.2, 0.25) is 13.1 Å². The fraction of sp³-hybridized carbons (Fsp3) is 0.235. The summed E-state index contributed by atoms with van der Waals surface area (Å²) in [5, 5.41) is 2.65. The van der Waals surface area contributed by atoms with Crippen molar-refractivity contribution >= 4 is 38.5 Å². The SMILES string of the molecule is CC1=C(c2cccc3cccnc23)CC([Si](C)(C)Br)=[C-]1.[Cl-].[Cl-].[Cr+3]. The summed E-state index contributed by atoms with van der Waals surface area (Å²) in [5.74, 6) is 0. The normalized spacial score (nSPS) is 13.8. The minimum absolute atomic E-state index is 0. The van der Waals surface area contributed by atoms with Crippen LogP contribution in [0.1, 0.15) is 18.9 Å². The van der Waals surface area contributed by atoms with Crippen LogP contribution >= 0.6 is 15.3 Å². The van der Waals surface area contributed by atoms with Gasteiger partial charge in [0, 0.05) is 6.20 Å². The molecule has 1 aromatic heterocycles. The minimum Gasteiger partial charge on any atom is -1.00 e. The molecule has 6 heteroatoms. The zero-order valence-corrected chi connectivity index (χ0v) is 18.5. The molecule has 0 spiro atoms. The van der Waals surface area contributed by atoms with E-state index in [1.165, 1.54) is 27.3 Å². The maximum atomic E-state index is 4.58. The Balaban J connectivity index is 0.00000161. The van der Waals surface area contributed by atoms with Gasteiger partial charge in [0.2, 0.25) is 0 Å². The van der Waals surface area contributed by atoms with Gasteiger partial charge in [0.25, 0.3) is 0 Å². The number of hydrogen-bond acceptors (Lipinski definition) is 1. The first-order valence-electron chi connectivity index (χ1n) is 6.83. The smallest absolute Gasteiger partial charge is 1.00 e. The predicted molar refractivity (Wildman–Crippen MR) is 92.1 cm³/mol. The Morgan fingerprint density at radius 2 is 1.78 bits per heavy atom. The van der Waals surface area contributed by atoms with Crippen LogP contribution in [0.5, 0.6) is 0 Å². The molecule has 0 fully saturated rings. The molecule has 0 atom stereocenters. The average molecular weight is 466 g/mol. The van der Waals surface area contributed by atoms with Crippen LogP contribution in [0.4, 0.5) is 0 Å². The van der Waals surface area contributed by atoms with Crippen LogP contribution in [0.3, 0.4) is 0 Å². The first kappa shape index (κ1) is 22.9. The predicted octanol–water partition coefficient (Wildman–Crippen LogP) is -0.714. The third-order valence-electron chi connectivity index (χ3n) is 3.82. The van der Waals surface area contributed by atoms with E-state index in [1.807, 2.05) is 12.3 Å². The van der Waals surface area contributed by atoms with Crippen molar-refractivity contribution in [2.45, 2.75) is 26.4 Å². The Bertz CT molecular complexity index is 748. The number of pyridine rings is 1. The number of allylic oxidation sites excluding steroid dienone is 4. The second-order valence-corrected chi connectivity index (χ2v) is 15.2. The number of para-hydroxylation sites is 1. The number of benzene rings is 1. The minimum atomic E-state index is -1.45. The van der Waals surface area contributed by atoms with Gasteiger partial charge in [-0.1, -0.05) is 56.3 Å². The van der Waals surface area contributed by atoms with E-state index in [9.17, 15) is 0 Å². The van der Waals surface area contributed by atoms with Crippen molar-refractivity contribution in [2.24, 2.45) is 0 Å². The van der Waals surface area contributed by atoms with Crippen LogP contribution in [-0.4, -0.2) is 11.7 Å². The third kappa shape index (κ3) is 4.72. The van der Waals surface area contributed by atoms with Gasteiger partial charge in [0.05, 0.1) is 5.52 Å². The van der Waals surface area contributed by atoms with Crippen molar-refractivity contribution in [1.82, 2.24) is 4.98 Å². The number of aromatic nitrogens is 1. The number of halogens is 3. The van der Waals surface area contributed by atoms with Crippen LogP contribution in [0.15, 0.2) is 47.3 Å². The van der Waals surface area contributed by atoms with Crippen molar-refractivity contribution in [3.63, 3.8) is 0 Å². The molecule has 2 aromatic rings. The average Bonchev–Trinajstić information content (AvgIpc) is 2.80. The molecule has 1 aliphatic carbocycles. The van der Waals surface area contributed by atoms with E-state index >= 15 is 0 Å². The first-order chi connectivity index (χ1) is 9.47. The molecule has 1 aliphatic rings. The van der Waals surface area contributed by atoms with Gasteiger partial charge in [0.15, 0.2) is 0 Å². The van der Waals surface area contributed by atoms with Gasteiger partial charge in [-0.3, -0.25) is 11.1 Å². The fourth-order valence-electron chi connectivity index (χ4n) is 2.66. The van der Waals surface area contributed by atoms with Gasteiger partial charge in [-0.25, -0.2) is 5.57 Å². The van der Waals surface area contributed by atoms with E-state index in [-0.39, 0.29) is 42.2 Å². The molecule has 0 unspecified atom stereocenters. The Labute approximate surface area is 170 Å². The Morgan fingerprint density at radius 1 is 1.13 bits per heavy atom. The third-order valence-corrected chi connectivity index (χ3v) is 6.99. The van der Waals surface area contributed by atoms with Crippen molar-refractivity contribution in [3.8, 4) is 0 Å². The Kier molecular flexibility index (Phi) is 8.82. The van der Waals surface area contributed by atoms with Crippen LogP contribution in [0, 0.1) is 6.08 Å². The molecule has 1 heterocycles. The monoisotopic (exact) mass is 464 g/mol. The van der Waals surface area contributed by atoms with E-state index < -0.39 is 6.69 Å². The van der Waals surface area contributed by atoms with Crippen LogP contribution < -0.4 is 24.8 Å². The Hall–Kier alpha value is -0.0806. The molecule has 3 rings (SSSR count). The van der Waals surface area contributed by atoms with Crippen LogP contribution in [0.25, 0.3) is 16.5 Å². The van der Waals surface area contributed by atoms with Crippen molar-refractivity contribution in [3.05, 3.63) is 58.9 Å². The first-order valence-corrected chi connectivity index (χ1v) is 12.1. The summed E-state index contributed by atoms with van der Waals surface area (Å²) in [6.07, 6.45) is 6.47. The molecule has 0 saturated carbocycles. The summed E-state index contributed by atoms with van der Waals surface area (Å²) >= 11 is 3.88. The van der Waals surface area contributed by atoms with E-state index in [0.717, 1.165) is 11.9 Å². The zero-order chi connectivity index (χ0) is 14.3. The summed E-state index contributed by atoms with van der Waals surface area (Å²) in [6.45, 7) is 5.34. The largest absolute Gasteiger partial charge is 3.00 e. The molecule has 1 aromatic carbocycles. The number of fused-ring (bicyclic) bond motifs is 1. The quantitative estimate of drug-likeness (QED) is 0.324. The molecule has 0 N–H and O–H groups in total. The molecule has 1 nitrogen and oxygen atoms in total. The van der Waals surface area contributed by atoms with Gasteiger partial charge in [0.1, 0.15) is 6.69 Å². The van der Waals surface area contributed by atoms with Gasteiger partial charge in [-0.15, -0.1) is 15.3 Å². The molecule has 0 bridgehead atoms. The maximum Gasteiger partial charge on any atom is 3.00 e. The molecule has 23 heavy (non-hydrogen) atoms. The summed E-state index contributed by atoms with van der Waals surface area (Å²) in [4.78, 5) is 4.58. The number of hydrogen-bond donors (Lipinski definition) is 0. The van der Waals surface area contributed by atoms with Gasteiger partial charge in [-0.2, -0.15) is 10.8 Å². The van der Waals surface area contributed by atoms with Gasteiger partial charge in [-0.05, 0) is 11.5 Å². The number of nitrogens with zero attached hydrogens (tertiary/aromatic N) is 1. The fourth-order valence-corrected chi connectivity index (χ4v) is 4.46. The molecule has 121 valence electrons. The van der Waals surface area contributed by atoms with Crippen molar-refractivity contribution in [1.29, 1.82) is 0 Å². The molecule has 0 amide bonds. The molecule has 0 aliphatic heterocycles. The molecular weight excluding hydrogens is 449 g/mol. The van der Waals surface area contributed by atoms with Gasteiger partial charge < -0.3 is 24.8 Å². The summed E-state index contributed by atoms with van der Waals surface area (Å²) in [7, 11) is 0.